The lowest BCUT2D eigenvalue weighted by Gasteiger charge is -2.26. The minimum absolute atomic E-state index is 0.140. The SMILES string of the molecule is CC(C)(C)c1ccc(CC2(CN)CCS(=O)(=O)C2)cc1. The summed E-state index contributed by atoms with van der Waals surface area (Å²) >= 11 is 0. The molecule has 1 aromatic carbocycles. The number of benzene rings is 1. The smallest absolute Gasteiger partial charge is 0.150 e. The summed E-state index contributed by atoms with van der Waals surface area (Å²) in [5.41, 5.74) is 8.22. The molecule has 4 heteroatoms. The van der Waals surface area contributed by atoms with Crippen LogP contribution in [0.3, 0.4) is 0 Å². The van der Waals surface area contributed by atoms with Crippen molar-refractivity contribution in [3.63, 3.8) is 0 Å². The van der Waals surface area contributed by atoms with Gasteiger partial charge in [-0.3, -0.25) is 0 Å². The number of rotatable bonds is 3. The number of sulfone groups is 1. The molecule has 0 aliphatic carbocycles. The molecule has 0 amide bonds. The lowest BCUT2D eigenvalue weighted by Crippen LogP contribution is -2.34. The van der Waals surface area contributed by atoms with E-state index >= 15 is 0 Å². The number of hydrogen-bond acceptors (Lipinski definition) is 3. The maximum atomic E-state index is 11.7. The van der Waals surface area contributed by atoms with Gasteiger partial charge in [0.05, 0.1) is 11.5 Å². The van der Waals surface area contributed by atoms with Crippen LogP contribution in [-0.2, 0) is 21.7 Å². The van der Waals surface area contributed by atoms with E-state index in [0.29, 0.717) is 13.0 Å². The Hall–Kier alpha value is -0.870. The van der Waals surface area contributed by atoms with Crippen molar-refractivity contribution < 1.29 is 8.42 Å². The molecule has 1 saturated heterocycles. The third-order valence-electron chi connectivity index (χ3n) is 4.30. The average Bonchev–Trinajstić information content (AvgIpc) is 2.65. The molecular weight excluding hydrogens is 270 g/mol. The molecule has 0 saturated carbocycles. The molecule has 3 nitrogen and oxygen atoms in total. The molecule has 112 valence electrons. The van der Waals surface area contributed by atoms with Crippen molar-refractivity contribution in [2.45, 2.75) is 39.0 Å². The molecular formula is C16H25NO2S. The van der Waals surface area contributed by atoms with Gasteiger partial charge in [0.15, 0.2) is 9.84 Å². The van der Waals surface area contributed by atoms with Gasteiger partial charge in [-0.05, 0) is 35.9 Å². The molecule has 0 bridgehead atoms. The van der Waals surface area contributed by atoms with E-state index in [-0.39, 0.29) is 22.3 Å². The van der Waals surface area contributed by atoms with Gasteiger partial charge in [0.1, 0.15) is 0 Å². The lowest BCUT2D eigenvalue weighted by molar-refractivity contribution is 0.344. The lowest BCUT2D eigenvalue weighted by atomic mass is 9.80. The van der Waals surface area contributed by atoms with Gasteiger partial charge in [0, 0.05) is 5.41 Å². The Morgan fingerprint density at radius 1 is 1.20 bits per heavy atom. The Bertz CT molecular complexity index is 569. The zero-order valence-corrected chi connectivity index (χ0v) is 13.5. The van der Waals surface area contributed by atoms with Crippen molar-refractivity contribution in [3.8, 4) is 0 Å². The molecule has 0 spiro atoms. The van der Waals surface area contributed by atoms with Crippen molar-refractivity contribution in [2.24, 2.45) is 11.1 Å². The summed E-state index contributed by atoms with van der Waals surface area (Å²) in [6, 6.07) is 8.51. The van der Waals surface area contributed by atoms with Crippen LogP contribution in [0.25, 0.3) is 0 Å². The van der Waals surface area contributed by atoms with E-state index in [2.05, 4.69) is 45.0 Å². The van der Waals surface area contributed by atoms with Crippen molar-refractivity contribution in [1.82, 2.24) is 0 Å². The second-order valence-corrected chi connectivity index (χ2v) is 9.35. The van der Waals surface area contributed by atoms with Crippen LogP contribution in [0.4, 0.5) is 0 Å². The predicted octanol–water partition coefficient (Wildman–Crippen LogP) is 2.29. The summed E-state index contributed by atoms with van der Waals surface area (Å²) in [6.07, 6.45) is 1.44. The van der Waals surface area contributed by atoms with Gasteiger partial charge in [-0.2, -0.15) is 0 Å². The third kappa shape index (κ3) is 3.41. The van der Waals surface area contributed by atoms with Gasteiger partial charge in [-0.25, -0.2) is 8.42 Å². The second-order valence-electron chi connectivity index (χ2n) is 7.17. The van der Waals surface area contributed by atoms with Crippen LogP contribution in [-0.4, -0.2) is 26.5 Å². The van der Waals surface area contributed by atoms with Crippen LogP contribution >= 0.6 is 0 Å². The molecule has 2 rings (SSSR count). The molecule has 2 N–H and O–H groups in total. The molecule has 1 aliphatic rings. The fourth-order valence-corrected chi connectivity index (χ4v) is 5.10. The molecule has 1 aliphatic heterocycles. The van der Waals surface area contributed by atoms with Crippen LogP contribution in [0, 0.1) is 5.41 Å². The van der Waals surface area contributed by atoms with Gasteiger partial charge >= 0.3 is 0 Å². The topological polar surface area (TPSA) is 60.2 Å². The standard InChI is InChI=1S/C16H25NO2S/c1-15(2,3)14-6-4-13(5-7-14)10-16(11-17)8-9-20(18,19)12-16/h4-7H,8-12,17H2,1-3H3. The van der Waals surface area contributed by atoms with E-state index in [9.17, 15) is 8.42 Å². The van der Waals surface area contributed by atoms with E-state index in [1.165, 1.54) is 11.1 Å². The maximum absolute atomic E-state index is 11.7. The minimum Gasteiger partial charge on any atom is -0.330 e. The van der Waals surface area contributed by atoms with Crippen molar-refractivity contribution >= 4 is 9.84 Å². The highest BCUT2D eigenvalue weighted by Crippen LogP contribution is 2.35. The van der Waals surface area contributed by atoms with Gasteiger partial charge < -0.3 is 5.73 Å². The molecule has 20 heavy (non-hydrogen) atoms. The maximum Gasteiger partial charge on any atom is 0.150 e. The molecule has 1 heterocycles. The highest BCUT2D eigenvalue weighted by atomic mass is 32.2. The van der Waals surface area contributed by atoms with E-state index in [1.54, 1.807) is 0 Å². The van der Waals surface area contributed by atoms with E-state index in [1.807, 2.05) is 0 Å². The van der Waals surface area contributed by atoms with E-state index in [4.69, 9.17) is 5.73 Å². The van der Waals surface area contributed by atoms with Crippen LogP contribution in [0.1, 0.15) is 38.3 Å². The first-order valence-electron chi connectivity index (χ1n) is 7.16. The highest BCUT2D eigenvalue weighted by molar-refractivity contribution is 7.91. The monoisotopic (exact) mass is 295 g/mol. The summed E-state index contributed by atoms with van der Waals surface area (Å²) in [6.45, 7) is 7.00. The normalized spacial score (nSPS) is 25.8. The van der Waals surface area contributed by atoms with Crippen molar-refractivity contribution in [1.29, 1.82) is 0 Å². The van der Waals surface area contributed by atoms with Crippen molar-refractivity contribution in [2.75, 3.05) is 18.1 Å². The quantitative estimate of drug-likeness (QED) is 0.930. The summed E-state index contributed by atoms with van der Waals surface area (Å²) in [5, 5.41) is 0. The molecule has 0 aromatic heterocycles. The van der Waals surface area contributed by atoms with Crippen LogP contribution in [0.2, 0.25) is 0 Å². The Labute approximate surface area is 122 Å². The van der Waals surface area contributed by atoms with Crippen LogP contribution in [0.15, 0.2) is 24.3 Å². The number of nitrogens with two attached hydrogens (primary N) is 1. The van der Waals surface area contributed by atoms with Gasteiger partial charge in [0.25, 0.3) is 0 Å². The molecule has 1 fully saturated rings. The first-order chi connectivity index (χ1) is 9.16. The van der Waals surface area contributed by atoms with Crippen LogP contribution in [0.5, 0.6) is 0 Å². The molecule has 0 radical (unpaired) electrons. The Morgan fingerprint density at radius 3 is 2.20 bits per heavy atom. The molecule has 1 aromatic rings. The zero-order chi connectivity index (χ0) is 15.0. The first kappa shape index (κ1) is 15.5. The molecule has 1 unspecified atom stereocenters. The Morgan fingerprint density at radius 2 is 1.80 bits per heavy atom. The summed E-state index contributed by atoms with van der Waals surface area (Å²) in [4.78, 5) is 0. The summed E-state index contributed by atoms with van der Waals surface area (Å²) in [5.74, 6) is 0.516. The Kier molecular flexibility index (Phi) is 4.00. The average molecular weight is 295 g/mol. The minimum atomic E-state index is -2.90. The van der Waals surface area contributed by atoms with Crippen LogP contribution < -0.4 is 5.73 Å². The zero-order valence-electron chi connectivity index (χ0n) is 12.6. The summed E-state index contributed by atoms with van der Waals surface area (Å²) in [7, 11) is -2.90. The Balaban J connectivity index is 2.17. The second kappa shape index (κ2) is 5.15. The van der Waals surface area contributed by atoms with E-state index < -0.39 is 9.84 Å². The molecule has 1 atom stereocenters. The van der Waals surface area contributed by atoms with Gasteiger partial charge in [0.2, 0.25) is 0 Å². The van der Waals surface area contributed by atoms with E-state index in [0.717, 1.165) is 6.42 Å². The largest absolute Gasteiger partial charge is 0.330 e. The van der Waals surface area contributed by atoms with Crippen molar-refractivity contribution in [3.05, 3.63) is 35.4 Å². The highest BCUT2D eigenvalue weighted by Gasteiger charge is 2.41. The fraction of sp³-hybridized carbons (Fsp3) is 0.625. The number of hydrogen-bond donors (Lipinski definition) is 1. The fourth-order valence-electron chi connectivity index (χ4n) is 2.91. The summed E-state index contributed by atoms with van der Waals surface area (Å²) < 4.78 is 23.5. The third-order valence-corrected chi connectivity index (χ3v) is 6.18. The van der Waals surface area contributed by atoms with Gasteiger partial charge in [-0.1, -0.05) is 45.0 Å². The van der Waals surface area contributed by atoms with Gasteiger partial charge in [-0.15, -0.1) is 0 Å². The predicted molar refractivity (Wildman–Crippen MR) is 83.6 cm³/mol. The first-order valence-corrected chi connectivity index (χ1v) is 8.98.